The topological polar surface area (TPSA) is 48.1 Å². The molecule has 4 nitrogen and oxygen atoms in total. The molecule has 27 heavy (non-hydrogen) atoms. The summed E-state index contributed by atoms with van der Waals surface area (Å²) in [6.07, 6.45) is 0. The number of piperazine rings is 1. The van der Waals surface area contributed by atoms with Crippen LogP contribution >= 0.6 is 46.6 Å². The van der Waals surface area contributed by atoms with Gasteiger partial charge in [0, 0.05) is 56.9 Å². The van der Waals surface area contributed by atoms with Crippen LogP contribution in [0.1, 0.15) is 10.5 Å². The molecule has 8 heteroatoms. The van der Waals surface area contributed by atoms with Crippen LogP contribution in [-0.4, -0.2) is 42.0 Å². The average molecular weight is 441 g/mol. The zero-order valence-electron chi connectivity index (χ0n) is 14.2. The average Bonchev–Trinajstić information content (AvgIpc) is 3.08. The highest BCUT2D eigenvalue weighted by atomic mass is 35.5. The Labute approximate surface area is 176 Å². The maximum absolute atomic E-state index is 12.8. The fraction of sp³-hybridized carbons (Fsp3) is 0.211. The van der Waals surface area contributed by atoms with E-state index in [1.807, 2.05) is 29.2 Å². The first kappa shape index (κ1) is 19.0. The summed E-state index contributed by atoms with van der Waals surface area (Å²) < 4.78 is 0. The van der Waals surface area contributed by atoms with Gasteiger partial charge in [0.05, 0.1) is 5.02 Å². The highest BCUT2D eigenvalue weighted by Crippen LogP contribution is 2.40. The Hall–Kier alpha value is -1.37. The van der Waals surface area contributed by atoms with Crippen LogP contribution in [-0.2, 0) is 0 Å². The van der Waals surface area contributed by atoms with E-state index in [1.54, 1.807) is 12.1 Å². The van der Waals surface area contributed by atoms with E-state index in [4.69, 9.17) is 34.8 Å². The second kappa shape index (κ2) is 7.94. The third kappa shape index (κ3) is 4.08. The molecule has 0 bridgehead atoms. The summed E-state index contributed by atoms with van der Waals surface area (Å²) in [4.78, 5) is 19.7. The molecule has 1 aliphatic heterocycles. The molecule has 1 fully saturated rings. The maximum Gasteiger partial charge on any atom is 0.270 e. The van der Waals surface area contributed by atoms with E-state index < -0.39 is 0 Å². The molecule has 3 aromatic rings. The predicted molar refractivity (Wildman–Crippen MR) is 113 cm³/mol. The van der Waals surface area contributed by atoms with Crippen LogP contribution in [0.4, 0.5) is 0 Å². The largest absolute Gasteiger partial charge is 0.350 e. The lowest BCUT2D eigenvalue weighted by atomic mass is 10.2. The summed E-state index contributed by atoms with van der Waals surface area (Å²) in [7, 11) is 0. The van der Waals surface area contributed by atoms with Gasteiger partial charge < -0.3 is 15.2 Å². The number of aromatic nitrogens is 1. The van der Waals surface area contributed by atoms with Gasteiger partial charge in [0.25, 0.3) is 5.91 Å². The number of hydrogen-bond acceptors (Lipinski definition) is 3. The molecule has 4 rings (SSSR count). The van der Waals surface area contributed by atoms with Crippen LogP contribution in [0.15, 0.2) is 46.2 Å². The molecule has 1 aromatic heterocycles. The Kier molecular flexibility index (Phi) is 5.58. The van der Waals surface area contributed by atoms with E-state index in [2.05, 4.69) is 10.3 Å². The van der Waals surface area contributed by atoms with Crippen molar-refractivity contribution >= 4 is 63.4 Å². The number of rotatable bonds is 3. The lowest BCUT2D eigenvalue weighted by molar-refractivity contribution is 0.0731. The molecule has 2 aromatic carbocycles. The fourth-order valence-corrected chi connectivity index (χ4v) is 4.89. The minimum absolute atomic E-state index is 0.00398. The first-order chi connectivity index (χ1) is 13.0. The number of amides is 1. The maximum atomic E-state index is 12.8. The minimum Gasteiger partial charge on any atom is -0.350 e. The number of hydrogen-bond donors (Lipinski definition) is 2. The van der Waals surface area contributed by atoms with Gasteiger partial charge in [0.1, 0.15) is 5.69 Å². The van der Waals surface area contributed by atoms with Gasteiger partial charge in [-0.25, -0.2) is 0 Å². The van der Waals surface area contributed by atoms with Crippen molar-refractivity contribution < 1.29 is 4.79 Å². The van der Waals surface area contributed by atoms with E-state index in [1.165, 1.54) is 11.8 Å². The Balaban J connectivity index is 1.70. The Morgan fingerprint density at radius 3 is 2.48 bits per heavy atom. The predicted octanol–water partition coefficient (Wildman–Crippen LogP) is 5.32. The molecular formula is C19H16Cl3N3OS. The van der Waals surface area contributed by atoms with Crippen molar-refractivity contribution in [3.05, 3.63) is 57.2 Å². The van der Waals surface area contributed by atoms with Crippen molar-refractivity contribution in [1.29, 1.82) is 0 Å². The third-order valence-electron chi connectivity index (χ3n) is 4.41. The lowest BCUT2D eigenvalue weighted by Gasteiger charge is -2.26. The highest BCUT2D eigenvalue weighted by Gasteiger charge is 2.21. The summed E-state index contributed by atoms with van der Waals surface area (Å²) in [5.74, 6) is 0.00398. The smallest absolute Gasteiger partial charge is 0.270 e. The first-order valence-corrected chi connectivity index (χ1v) is 10.4. The van der Waals surface area contributed by atoms with E-state index in [-0.39, 0.29) is 5.91 Å². The van der Waals surface area contributed by atoms with Gasteiger partial charge in [-0.05, 0) is 36.4 Å². The van der Waals surface area contributed by atoms with E-state index in [0.29, 0.717) is 33.9 Å². The van der Waals surface area contributed by atoms with Gasteiger partial charge in [-0.15, -0.1) is 0 Å². The van der Waals surface area contributed by atoms with Crippen LogP contribution in [0.25, 0.3) is 10.9 Å². The first-order valence-electron chi connectivity index (χ1n) is 8.46. The summed E-state index contributed by atoms with van der Waals surface area (Å²) in [5, 5.41) is 5.95. The number of fused-ring (bicyclic) bond motifs is 1. The number of halogens is 3. The van der Waals surface area contributed by atoms with Gasteiger partial charge in [-0.2, -0.15) is 0 Å². The van der Waals surface area contributed by atoms with Gasteiger partial charge in [0.15, 0.2) is 0 Å². The van der Waals surface area contributed by atoms with Crippen molar-refractivity contribution in [1.82, 2.24) is 15.2 Å². The highest BCUT2D eigenvalue weighted by molar-refractivity contribution is 7.99. The van der Waals surface area contributed by atoms with E-state index >= 15 is 0 Å². The van der Waals surface area contributed by atoms with Crippen molar-refractivity contribution in [2.24, 2.45) is 0 Å². The normalized spacial score (nSPS) is 14.7. The molecule has 0 aliphatic carbocycles. The molecule has 140 valence electrons. The zero-order chi connectivity index (χ0) is 19.0. The number of nitrogens with one attached hydrogen (secondary N) is 2. The molecule has 1 saturated heterocycles. The van der Waals surface area contributed by atoms with Crippen LogP contribution in [0.5, 0.6) is 0 Å². The minimum atomic E-state index is 0.00398. The van der Waals surface area contributed by atoms with Crippen LogP contribution < -0.4 is 5.32 Å². The molecule has 2 heterocycles. The second-order valence-electron chi connectivity index (χ2n) is 6.27. The summed E-state index contributed by atoms with van der Waals surface area (Å²) in [6, 6.07) is 11.0. The number of aromatic amines is 1. The van der Waals surface area contributed by atoms with Crippen LogP contribution in [0, 0.1) is 0 Å². The number of carbonyl (C=O) groups excluding carboxylic acids is 1. The number of benzene rings is 2. The number of nitrogens with zero attached hydrogens (tertiary/aromatic N) is 1. The van der Waals surface area contributed by atoms with Gasteiger partial charge in [-0.1, -0.05) is 46.6 Å². The SMILES string of the molecule is O=C(c1cc2c(Sc3ccc(Cl)cc3Cl)cc(Cl)cc2[nH]1)N1CCNCC1. The molecule has 0 unspecified atom stereocenters. The van der Waals surface area contributed by atoms with Crippen molar-refractivity contribution in [3.63, 3.8) is 0 Å². The lowest BCUT2D eigenvalue weighted by Crippen LogP contribution is -2.46. The number of carbonyl (C=O) groups is 1. The van der Waals surface area contributed by atoms with Crippen LogP contribution in [0.3, 0.4) is 0 Å². The standard InChI is InChI=1S/C19H16Cl3N3OS/c20-11-1-2-17(14(22)7-11)27-18-9-12(21)8-15-13(18)10-16(24-15)19(26)25-5-3-23-4-6-25/h1-2,7-10,23-24H,3-6H2. The quantitative estimate of drug-likeness (QED) is 0.579. The Morgan fingerprint density at radius 2 is 1.74 bits per heavy atom. The van der Waals surface area contributed by atoms with Gasteiger partial charge in [-0.3, -0.25) is 4.79 Å². The molecule has 1 aliphatic rings. The third-order valence-corrected chi connectivity index (χ3v) is 6.42. The molecular weight excluding hydrogens is 425 g/mol. The van der Waals surface area contributed by atoms with Gasteiger partial charge in [0.2, 0.25) is 0 Å². The van der Waals surface area contributed by atoms with Crippen LogP contribution in [0.2, 0.25) is 15.1 Å². The summed E-state index contributed by atoms with van der Waals surface area (Å²) >= 11 is 20.1. The second-order valence-corrected chi connectivity index (χ2v) is 8.63. The van der Waals surface area contributed by atoms with E-state index in [9.17, 15) is 4.79 Å². The summed E-state index contributed by atoms with van der Waals surface area (Å²) in [5.41, 5.74) is 1.40. The molecule has 0 spiro atoms. The van der Waals surface area contributed by atoms with Crippen molar-refractivity contribution in [2.45, 2.75) is 9.79 Å². The van der Waals surface area contributed by atoms with Gasteiger partial charge >= 0.3 is 0 Å². The molecule has 0 atom stereocenters. The zero-order valence-corrected chi connectivity index (χ0v) is 17.3. The molecule has 0 saturated carbocycles. The van der Waals surface area contributed by atoms with E-state index in [0.717, 1.165) is 33.8 Å². The number of H-pyrrole nitrogens is 1. The molecule has 0 radical (unpaired) electrons. The monoisotopic (exact) mass is 439 g/mol. The Morgan fingerprint density at radius 1 is 0.963 bits per heavy atom. The van der Waals surface area contributed by atoms with Crippen molar-refractivity contribution in [2.75, 3.05) is 26.2 Å². The van der Waals surface area contributed by atoms with Crippen molar-refractivity contribution in [3.8, 4) is 0 Å². The fourth-order valence-electron chi connectivity index (χ4n) is 3.09. The molecule has 1 amide bonds. The molecule has 2 N–H and O–H groups in total. The Bertz CT molecular complexity index is 1010. The summed E-state index contributed by atoms with van der Waals surface area (Å²) in [6.45, 7) is 3.04.